The van der Waals surface area contributed by atoms with Gasteiger partial charge in [0.2, 0.25) is 5.79 Å². The minimum absolute atomic E-state index is 0.386. The highest BCUT2D eigenvalue weighted by Gasteiger charge is 2.64. The fourth-order valence-electron chi connectivity index (χ4n) is 2.97. The summed E-state index contributed by atoms with van der Waals surface area (Å²) >= 11 is 0. The van der Waals surface area contributed by atoms with Crippen LogP contribution in [0.1, 0.15) is 12.6 Å². The predicted octanol–water partition coefficient (Wildman–Crippen LogP) is -1.42. The van der Waals surface area contributed by atoms with Crippen molar-refractivity contribution in [2.75, 3.05) is 19.5 Å². The van der Waals surface area contributed by atoms with E-state index in [0.29, 0.717) is 17.0 Å². The maximum Gasteiger partial charge on any atom is 0.235 e. The molecule has 0 spiro atoms. The van der Waals surface area contributed by atoms with Crippen LogP contribution >= 0.6 is 0 Å². The summed E-state index contributed by atoms with van der Waals surface area (Å²) in [5, 5.41) is 23.9. The first-order valence-electron chi connectivity index (χ1n) is 6.78. The molecule has 9 heteroatoms. The van der Waals surface area contributed by atoms with Crippen LogP contribution in [0.15, 0.2) is 18.5 Å². The highest BCUT2D eigenvalue weighted by molar-refractivity contribution is 5.63. The third-order valence-corrected chi connectivity index (χ3v) is 4.23. The number of hydrogen-bond donors (Lipinski definition) is 4. The third-order valence-electron chi connectivity index (χ3n) is 4.23. The van der Waals surface area contributed by atoms with Crippen LogP contribution in [-0.2, 0) is 15.3 Å². The number of anilines is 1. The number of imidazole rings is 1. The van der Waals surface area contributed by atoms with Crippen molar-refractivity contribution in [3.63, 3.8) is 0 Å². The number of ether oxygens (including phenoxy) is 2. The quantitative estimate of drug-likeness (QED) is 0.541. The molecule has 2 aromatic heterocycles. The largest absolute Gasteiger partial charge is 0.396 e. The van der Waals surface area contributed by atoms with E-state index in [1.807, 2.05) is 0 Å². The molecule has 1 aliphatic heterocycles. The Bertz CT molecular complexity index is 703. The number of nitrogens with zero attached hydrogens (tertiary/aromatic N) is 3. The Labute approximate surface area is 126 Å². The zero-order chi connectivity index (χ0) is 16.1. The molecule has 0 aromatic carbocycles. The van der Waals surface area contributed by atoms with E-state index < -0.39 is 30.1 Å². The molecule has 1 fully saturated rings. The van der Waals surface area contributed by atoms with Crippen molar-refractivity contribution in [1.29, 1.82) is 0 Å². The summed E-state index contributed by atoms with van der Waals surface area (Å²) in [4.78, 5) is 4.21. The van der Waals surface area contributed by atoms with Gasteiger partial charge < -0.3 is 31.2 Å². The van der Waals surface area contributed by atoms with Gasteiger partial charge in [-0.2, -0.15) is 5.10 Å². The summed E-state index contributed by atoms with van der Waals surface area (Å²) in [6.07, 6.45) is 0.977. The maximum absolute atomic E-state index is 10.3. The first-order valence-corrected chi connectivity index (χ1v) is 6.78. The number of aromatic nitrogens is 3. The van der Waals surface area contributed by atoms with E-state index >= 15 is 0 Å². The molecule has 0 bridgehead atoms. The number of nitrogen functional groups attached to an aromatic ring is 1. The number of aliphatic hydroxyl groups excluding tert-OH is 2. The standard InChI is InChI=1S/C13H19N5O4/c1-12(15)10(20)8(6-19)22-13(12,21-2)9-5-16-11-7(14)3-4-17-18(9)11/h3-5,8,10,19-20H,6,14-15H2,1-2H3/t8-,10-,12-,13+/m1/s1. The predicted molar refractivity (Wildman–Crippen MR) is 76.6 cm³/mol. The van der Waals surface area contributed by atoms with E-state index in [-0.39, 0.29) is 0 Å². The number of aliphatic hydroxyl groups is 2. The van der Waals surface area contributed by atoms with Gasteiger partial charge in [-0.15, -0.1) is 0 Å². The van der Waals surface area contributed by atoms with Gasteiger partial charge in [-0.1, -0.05) is 0 Å². The molecule has 3 heterocycles. The lowest BCUT2D eigenvalue weighted by Crippen LogP contribution is -2.60. The lowest BCUT2D eigenvalue weighted by atomic mass is 9.85. The summed E-state index contributed by atoms with van der Waals surface area (Å²) in [6.45, 7) is 1.19. The van der Waals surface area contributed by atoms with Crippen LogP contribution in [0, 0.1) is 0 Å². The number of fused-ring (bicyclic) bond motifs is 1. The van der Waals surface area contributed by atoms with Crippen LogP contribution in [0.3, 0.4) is 0 Å². The molecule has 0 unspecified atom stereocenters. The van der Waals surface area contributed by atoms with Gasteiger partial charge in [-0.05, 0) is 13.0 Å². The van der Waals surface area contributed by atoms with Crippen LogP contribution in [0.25, 0.3) is 5.65 Å². The average Bonchev–Trinajstić information content (AvgIpc) is 3.01. The van der Waals surface area contributed by atoms with Gasteiger partial charge in [0, 0.05) is 7.11 Å². The van der Waals surface area contributed by atoms with Gasteiger partial charge in [0.05, 0.1) is 24.7 Å². The van der Waals surface area contributed by atoms with Crippen molar-refractivity contribution < 1.29 is 19.7 Å². The van der Waals surface area contributed by atoms with E-state index in [2.05, 4.69) is 10.1 Å². The maximum atomic E-state index is 10.3. The summed E-state index contributed by atoms with van der Waals surface area (Å²) in [6, 6.07) is 1.62. The van der Waals surface area contributed by atoms with Gasteiger partial charge in [0.1, 0.15) is 23.4 Å². The molecule has 3 rings (SSSR count). The van der Waals surface area contributed by atoms with Crippen molar-refractivity contribution in [1.82, 2.24) is 14.6 Å². The molecular weight excluding hydrogens is 290 g/mol. The van der Waals surface area contributed by atoms with Gasteiger partial charge in [0.15, 0.2) is 5.65 Å². The normalized spacial score (nSPS) is 35.3. The lowest BCUT2D eigenvalue weighted by Gasteiger charge is -2.38. The van der Waals surface area contributed by atoms with E-state index in [1.165, 1.54) is 24.0 Å². The Hall–Kier alpha value is -1.78. The Kier molecular flexibility index (Phi) is 3.34. The average molecular weight is 309 g/mol. The fraction of sp³-hybridized carbons (Fsp3) is 0.538. The zero-order valence-electron chi connectivity index (χ0n) is 12.3. The van der Waals surface area contributed by atoms with Crippen molar-refractivity contribution in [3.8, 4) is 0 Å². The van der Waals surface area contributed by atoms with E-state index in [9.17, 15) is 10.2 Å². The summed E-state index contributed by atoms with van der Waals surface area (Å²) in [5.74, 6) is -1.53. The molecule has 0 aliphatic carbocycles. The van der Waals surface area contributed by atoms with Crippen molar-refractivity contribution >= 4 is 11.3 Å². The monoisotopic (exact) mass is 309 g/mol. The lowest BCUT2D eigenvalue weighted by molar-refractivity contribution is -0.249. The highest BCUT2D eigenvalue weighted by Crippen LogP contribution is 2.46. The smallest absolute Gasteiger partial charge is 0.235 e. The molecule has 0 radical (unpaired) electrons. The molecule has 1 aliphatic rings. The summed E-state index contributed by atoms with van der Waals surface area (Å²) < 4.78 is 12.8. The summed E-state index contributed by atoms with van der Waals surface area (Å²) in [5.41, 5.74) is 12.1. The first-order chi connectivity index (χ1) is 10.4. The second-order valence-electron chi connectivity index (χ2n) is 5.55. The second kappa shape index (κ2) is 4.86. The van der Waals surface area contributed by atoms with Gasteiger partial charge >= 0.3 is 0 Å². The Balaban J connectivity index is 2.24. The van der Waals surface area contributed by atoms with E-state index in [1.54, 1.807) is 13.0 Å². The van der Waals surface area contributed by atoms with Crippen molar-refractivity contribution in [2.45, 2.75) is 30.5 Å². The molecule has 1 saturated heterocycles. The van der Waals surface area contributed by atoms with E-state index in [0.717, 1.165) is 0 Å². The Morgan fingerprint density at radius 1 is 1.55 bits per heavy atom. The van der Waals surface area contributed by atoms with E-state index in [4.69, 9.17) is 20.9 Å². The van der Waals surface area contributed by atoms with Crippen molar-refractivity contribution in [2.24, 2.45) is 5.73 Å². The van der Waals surface area contributed by atoms with Gasteiger partial charge in [-0.3, -0.25) is 0 Å². The molecular formula is C13H19N5O4. The molecule has 0 saturated carbocycles. The number of methoxy groups -OCH3 is 1. The topological polar surface area (TPSA) is 141 Å². The molecule has 0 amide bonds. The number of nitrogens with two attached hydrogens (primary N) is 2. The Morgan fingerprint density at radius 2 is 2.27 bits per heavy atom. The molecule has 2 aromatic rings. The molecule has 22 heavy (non-hydrogen) atoms. The minimum Gasteiger partial charge on any atom is -0.396 e. The Morgan fingerprint density at radius 3 is 2.86 bits per heavy atom. The highest BCUT2D eigenvalue weighted by atomic mass is 16.7. The molecule has 4 atom stereocenters. The molecule has 120 valence electrons. The van der Waals surface area contributed by atoms with Crippen LogP contribution in [0.2, 0.25) is 0 Å². The van der Waals surface area contributed by atoms with Gasteiger partial charge in [-0.25, -0.2) is 9.50 Å². The van der Waals surface area contributed by atoms with Crippen LogP contribution in [-0.4, -0.2) is 56.3 Å². The zero-order valence-corrected chi connectivity index (χ0v) is 12.3. The third kappa shape index (κ3) is 1.71. The molecule has 6 N–H and O–H groups in total. The van der Waals surface area contributed by atoms with Crippen molar-refractivity contribution in [3.05, 3.63) is 24.2 Å². The van der Waals surface area contributed by atoms with Crippen LogP contribution < -0.4 is 11.5 Å². The number of rotatable bonds is 3. The SMILES string of the molecule is CO[C@@]1(c2cnc3c(N)ccnn23)O[C@H](CO)[C@@H](O)[C@@]1(C)N. The fourth-order valence-corrected chi connectivity index (χ4v) is 2.97. The number of hydrogen-bond acceptors (Lipinski definition) is 8. The second-order valence-corrected chi connectivity index (χ2v) is 5.55. The first kappa shape index (κ1) is 15.1. The summed E-state index contributed by atoms with van der Waals surface area (Å²) in [7, 11) is 1.41. The van der Waals surface area contributed by atoms with Crippen LogP contribution in [0.5, 0.6) is 0 Å². The van der Waals surface area contributed by atoms with Crippen LogP contribution in [0.4, 0.5) is 5.69 Å². The molecule has 9 nitrogen and oxygen atoms in total. The minimum atomic E-state index is -1.53. The van der Waals surface area contributed by atoms with Gasteiger partial charge in [0.25, 0.3) is 0 Å².